The summed E-state index contributed by atoms with van der Waals surface area (Å²) < 4.78 is 11.4. The second kappa shape index (κ2) is 5.21. The average molecular weight is 331 g/mol. The highest BCUT2D eigenvalue weighted by atomic mass is 16.6. The Balaban J connectivity index is 1.31. The molecular weight excluding hydrogens is 310 g/mol. The lowest BCUT2D eigenvalue weighted by Gasteiger charge is -2.48. The van der Waals surface area contributed by atoms with Crippen molar-refractivity contribution in [3.63, 3.8) is 0 Å². The monoisotopic (exact) mass is 331 g/mol. The molecule has 2 N–H and O–H groups in total. The predicted molar refractivity (Wildman–Crippen MR) is 84.3 cm³/mol. The molecule has 1 aromatic carbocycles. The molecule has 0 atom stereocenters. The SMILES string of the molecule is O=C(NCC12CC(C(=O)O)(C1)C1(CCC1)O2)OCc1ccccc1. The first-order valence-electron chi connectivity index (χ1n) is 8.38. The first kappa shape index (κ1) is 15.4. The Morgan fingerprint density at radius 3 is 2.46 bits per heavy atom. The van der Waals surface area contributed by atoms with Crippen LogP contribution in [0, 0.1) is 5.41 Å². The van der Waals surface area contributed by atoms with Gasteiger partial charge in [-0.05, 0) is 37.7 Å². The maximum atomic E-state index is 11.9. The Morgan fingerprint density at radius 2 is 1.92 bits per heavy atom. The number of hydrogen-bond donors (Lipinski definition) is 2. The van der Waals surface area contributed by atoms with Gasteiger partial charge in [0.2, 0.25) is 0 Å². The summed E-state index contributed by atoms with van der Waals surface area (Å²) in [5.74, 6) is -0.762. The van der Waals surface area contributed by atoms with Crippen LogP contribution in [0.1, 0.15) is 37.7 Å². The van der Waals surface area contributed by atoms with Crippen molar-refractivity contribution < 1.29 is 24.2 Å². The van der Waals surface area contributed by atoms with E-state index in [-0.39, 0.29) is 6.61 Å². The zero-order chi connectivity index (χ0) is 16.8. The molecule has 0 aromatic heterocycles. The molecule has 1 spiro atoms. The summed E-state index contributed by atoms with van der Waals surface area (Å²) in [5, 5.41) is 12.4. The van der Waals surface area contributed by atoms with Crippen molar-refractivity contribution in [2.24, 2.45) is 5.41 Å². The number of benzene rings is 1. The summed E-state index contributed by atoms with van der Waals surface area (Å²) in [6.45, 7) is 0.515. The van der Waals surface area contributed by atoms with Gasteiger partial charge in [0.15, 0.2) is 0 Å². The zero-order valence-electron chi connectivity index (χ0n) is 13.4. The van der Waals surface area contributed by atoms with Gasteiger partial charge >= 0.3 is 12.1 Å². The van der Waals surface area contributed by atoms with Crippen LogP contribution in [-0.4, -0.2) is 34.9 Å². The van der Waals surface area contributed by atoms with Crippen LogP contribution in [0.5, 0.6) is 0 Å². The van der Waals surface area contributed by atoms with Crippen LogP contribution >= 0.6 is 0 Å². The van der Waals surface area contributed by atoms with Crippen LogP contribution in [0.4, 0.5) is 4.79 Å². The predicted octanol–water partition coefficient (Wildman–Crippen LogP) is 2.47. The van der Waals surface area contributed by atoms with Crippen LogP contribution in [0.2, 0.25) is 0 Å². The maximum absolute atomic E-state index is 11.9. The summed E-state index contributed by atoms with van der Waals surface area (Å²) in [6.07, 6.45) is 3.08. The molecule has 4 fully saturated rings. The molecule has 5 rings (SSSR count). The van der Waals surface area contributed by atoms with Gasteiger partial charge in [0.05, 0.1) is 17.7 Å². The number of carbonyl (C=O) groups is 2. The number of aliphatic carboxylic acids is 1. The number of alkyl carbamates (subject to hydrolysis) is 1. The molecule has 2 saturated heterocycles. The van der Waals surface area contributed by atoms with Crippen molar-refractivity contribution in [3.8, 4) is 0 Å². The topological polar surface area (TPSA) is 84.9 Å². The molecule has 0 unspecified atom stereocenters. The van der Waals surface area contributed by atoms with Gasteiger partial charge in [0.1, 0.15) is 12.0 Å². The number of amides is 1. The molecule has 1 aromatic rings. The molecule has 0 radical (unpaired) electrons. The summed E-state index contributed by atoms with van der Waals surface area (Å²) in [7, 11) is 0. The van der Waals surface area contributed by atoms with E-state index in [1.807, 2.05) is 30.3 Å². The van der Waals surface area contributed by atoms with Crippen LogP contribution in [0.25, 0.3) is 0 Å². The van der Waals surface area contributed by atoms with E-state index in [0.29, 0.717) is 19.4 Å². The largest absolute Gasteiger partial charge is 0.481 e. The normalized spacial score (nSPS) is 31.8. The van der Waals surface area contributed by atoms with E-state index in [4.69, 9.17) is 9.47 Å². The van der Waals surface area contributed by atoms with Crippen molar-refractivity contribution in [1.82, 2.24) is 5.32 Å². The smallest absolute Gasteiger partial charge is 0.407 e. The van der Waals surface area contributed by atoms with Crippen molar-refractivity contribution in [2.45, 2.75) is 49.9 Å². The van der Waals surface area contributed by atoms with Gasteiger partial charge < -0.3 is 19.9 Å². The Labute approximate surface area is 140 Å². The highest BCUT2D eigenvalue weighted by Crippen LogP contribution is 2.71. The summed E-state index contributed by atoms with van der Waals surface area (Å²) in [6, 6.07) is 9.46. The van der Waals surface area contributed by atoms with Gasteiger partial charge in [-0.25, -0.2) is 4.79 Å². The lowest BCUT2D eigenvalue weighted by Crippen LogP contribution is -2.58. The first-order valence-corrected chi connectivity index (χ1v) is 8.38. The molecule has 2 aliphatic heterocycles. The minimum absolute atomic E-state index is 0.212. The Morgan fingerprint density at radius 1 is 1.21 bits per heavy atom. The molecule has 2 heterocycles. The van der Waals surface area contributed by atoms with Crippen LogP contribution < -0.4 is 5.32 Å². The maximum Gasteiger partial charge on any atom is 0.407 e. The van der Waals surface area contributed by atoms with E-state index in [1.54, 1.807) is 0 Å². The van der Waals surface area contributed by atoms with E-state index in [0.717, 1.165) is 24.8 Å². The Kier molecular flexibility index (Phi) is 3.35. The molecule has 2 aliphatic carbocycles. The van der Waals surface area contributed by atoms with E-state index >= 15 is 0 Å². The fourth-order valence-corrected chi connectivity index (χ4v) is 4.55. The number of ether oxygens (including phenoxy) is 2. The highest BCUT2D eigenvalue weighted by molar-refractivity contribution is 5.80. The summed E-state index contributed by atoms with van der Waals surface area (Å²) in [5.41, 5.74) is -0.871. The quantitative estimate of drug-likeness (QED) is 0.866. The standard InChI is InChI=1S/C18H21NO5/c20-14(21)17-10-16(11-17,24-18(17)7-4-8-18)12-19-15(22)23-9-13-5-2-1-3-6-13/h1-3,5-6H,4,7-12H2,(H,19,22)(H,20,21). The number of carbonyl (C=O) groups excluding carboxylic acids is 1. The fourth-order valence-electron chi connectivity index (χ4n) is 4.55. The first-order chi connectivity index (χ1) is 11.5. The lowest BCUT2D eigenvalue weighted by molar-refractivity contribution is -0.163. The van der Waals surface area contributed by atoms with Gasteiger partial charge in [0, 0.05) is 0 Å². The minimum atomic E-state index is -0.762. The second-order valence-corrected chi connectivity index (χ2v) is 7.29. The third-order valence-electron chi connectivity index (χ3n) is 5.87. The van der Waals surface area contributed by atoms with Crippen LogP contribution in [-0.2, 0) is 20.9 Å². The molecule has 6 heteroatoms. The van der Waals surface area contributed by atoms with Gasteiger partial charge in [-0.15, -0.1) is 0 Å². The van der Waals surface area contributed by atoms with Crippen molar-refractivity contribution in [2.75, 3.05) is 6.54 Å². The fraction of sp³-hybridized carbons (Fsp3) is 0.556. The average Bonchev–Trinajstić information content (AvgIpc) is 2.99. The summed E-state index contributed by atoms with van der Waals surface area (Å²) in [4.78, 5) is 23.6. The number of hydrogen-bond acceptors (Lipinski definition) is 4. The van der Waals surface area contributed by atoms with Gasteiger partial charge in [-0.2, -0.15) is 0 Å². The number of rotatable bonds is 5. The van der Waals surface area contributed by atoms with Crippen molar-refractivity contribution in [1.29, 1.82) is 0 Å². The van der Waals surface area contributed by atoms with Gasteiger partial charge in [-0.3, -0.25) is 4.79 Å². The number of carboxylic acids is 1. The van der Waals surface area contributed by atoms with E-state index in [1.165, 1.54) is 0 Å². The molecular formula is C18H21NO5. The van der Waals surface area contributed by atoms with E-state index in [2.05, 4.69) is 5.32 Å². The van der Waals surface area contributed by atoms with E-state index in [9.17, 15) is 14.7 Å². The molecule has 2 bridgehead atoms. The number of carboxylic acid groups (broad SMARTS) is 1. The van der Waals surface area contributed by atoms with Gasteiger partial charge in [-0.1, -0.05) is 30.3 Å². The molecule has 4 aliphatic rings. The lowest BCUT2D eigenvalue weighted by atomic mass is 9.51. The van der Waals surface area contributed by atoms with Crippen LogP contribution in [0.15, 0.2) is 30.3 Å². The number of nitrogens with one attached hydrogen (secondary N) is 1. The summed E-state index contributed by atoms with van der Waals surface area (Å²) >= 11 is 0. The molecule has 2 saturated carbocycles. The zero-order valence-corrected chi connectivity index (χ0v) is 13.4. The molecule has 128 valence electrons. The Hall–Kier alpha value is -2.08. The molecule has 24 heavy (non-hydrogen) atoms. The van der Waals surface area contributed by atoms with Gasteiger partial charge in [0.25, 0.3) is 0 Å². The van der Waals surface area contributed by atoms with Crippen molar-refractivity contribution >= 4 is 12.1 Å². The molecule has 1 amide bonds. The van der Waals surface area contributed by atoms with Crippen molar-refractivity contribution in [3.05, 3.63) is 35.9 Å². The van der Waals surface area contributed by atoms with E-state index < -0.39 is 28.7 Å². The van der Waals surface area contributed by atoms with Crippen LogP contribution in [0.3, 0.4) is 0 Å². The third kappa shape index (κ3) is 2.13. The second-order valence-electron chi connectivity index (χ2n) is 7.29. The third-order valence-corrected chi connectivity index (χ3v) is 5.87. The minimum Gasteiger partial charge on any atom is -0.481 e. The Bertz CT molecular complexity index is 661. The highest BCUT2D eigenvalue weighted by Gasteiger charge is 2.79. The molecule has 6 nitrogen and oxygen atoms in total.